The number of anilines is 2. The Labute approximate surface area is 103 Å². The normalized spacial score (nSPS) is 17.0. The minimum Gasteiger partial charge on any atom is -0.495 e. The molecule has 1 heterocycles. The van der Waals surface area contributed by atoms with Crippen molar-refractivity contribution >= 4 is 11.4 Å². The maximum Gasteiger partial charge on any atom is 0.144 e. The zero-order valence-electron chi connectivity index (χ0n) is 10.9. The van der Waals surface area contributed by atoms with E-state index in [9.17, 15) is 0 Å². The van der Waals surface area contributed by atoms with Crippen molar-refractivity contribution in [1.82, 2.24) is 4.90 Å². The number of hydrogen-bond donors (Lipinski definition) is 1. The molecule has 1 fully saturated rings. The van der Waals surface area contributed by atoms with Crippen LogP contribution in [0.2, 0.25) is 0 Å². The predicted molar refractivity (Wildman–Crippen MR) is 72.3 cm³/mol. The van der Waals surface area contributed by atoms with Crippen LogP contribution in [-0.4, -0.2) is 52.3 Å². The monoisotopic (exact) mass is 235 g/mol. The lowest BCUT2D eigenvalue weighted by molar-refractivity contribution is 0.312. The van der Waals surface area contributed by atoms with Crippen molar-refractivity contribution in [2.45, 2.75) is 0 Å². The predicted octanol–water partition coefficient (Wildman–Crippen LogP) is 1.49. The molecule has 4 heteroatoms. The molecule has 0 amide bonds. The number of methoxy groups -OCH3 is 1. The molecule has 2 rings (SSSR count). The van der Waals surface area contributed by atoms with Crippen LogP contribution in [0.15, 0.2) is 18.2 Å². The SMILES string of the molecule is CNc1ccc(N2CCN(C)CC2)cc1OC. The van der Waals surface area contributed by atoms with Gasteiger partial charge in [-0.05, 0) is 19.2 Å². The number of likely N-dealkylation sites (N-methyl/N-ethyl adjacent to an activating group) is 1. The molecule has 17 heavy (non-hydrogen) atoms. The highest BCUT2D eigenvalue weighted by Crippen LogP contribution is 2.29. The Balaban J connectivity index is 2.16. The highest BCUT2D eigenvalue weighted by atomic mass is 16.5. The highest BCUT2D eigenvalue weighted by molar-refractivity contribution is 5.64. The van der Waals surface area contributed by atoms with Gasteiger partial charge in [-0.2, -0.15) is 0 Å². The summed E-state index contributed by atoms with van der Waals surface area (Å²) in [6.07, 6.45) is 0. The molecule has 1 aromatic carbocycles. The minimum absolute atomic E-state index is 0.906. The van der Waals surface area contributed by atoms with Crippen molar-refractivity contribution in [3.8, 4) is 5.75 Å². The van der Waals surface area contributed by atoms with E-state index < -0.39 is 0 Å². The van der Waals surface area contributed by atoms with E-state index in [1.807, 2.05) is 7.05 Å². The van der Waals surface area contributed by atoms with Gasteiger partial charge in [0, 0.05) is 45.0 Å². The Morgan fingerprint density at radius 2 is 1.88 bits per heavy atom. The summed E-state index contributed by atoms with van der Waals surface area (Å²) in [6.45, 7) is 4.41. The molecule has 1 N–H and O–H groups in total. The zero-order chi connectivity index (χ0) is 12.3. The van der Waals surface area contributed by atoms with E-state index in [1.165, 1.54) is 5.69 Å². The van der Waals surface area contributed by atoms with E-state index in [4.69, 9.17) is 4.74 Å². The van der Waals surface area contributed by atoms with Crippen molar-refractivity contribution in [1.29, 1.82) is 0 Å². The van der Waals surface area contributed by atoms with Crippen LogP contribution in [0.25, 0.3) is 0 Å². The van der Waals surface area contributed by atoms with Crippen LogP contribution in [0.5, 0.6) is 5.75 Å². The van der Waals surface area contributed by atoms with E-state index >= 15 is 0 Å². The van der Waals surface area contributed by atoms with Crippen molar-refractivity contribution in [3.63, 3.8) is 0 Å². The van der Waals surface area contributed by atoms with Gasteiger partial charge in [0.25, 0.3) is 0 Å². The van der Waals surface area contributed by atoms with Gasteiger partial charge < -0.3 is 19.9 Å². The van der Waals surface area contributed by atoms with Crippen LogP contribution in [0.1, 0.15) is 0 Å². The second-order valence-corrected chi connectivity index (χ2v) is 4.42. The van der Waals surface area contributed by atoms with E-state index in [-0.39, 0.29) is 0 Å². The number of nitrogens with one attached hydrogen (secondary N) is 1. The number of hydrogen-bond acceptors (Lipinski definition) is 4. The van der Waals surface area contributed by atoms with Gasteiger partial charge in [0.1, 0.15) is 5.75 Å². The molecule has 0 aliphatic carbocycles. The summed E-state index contributed by atoms with van der Waals surface area (Å²) in [5.74, 6) is 0.906. The first kappa shape index (κ1) is 12.0. The maximum absolute atomic E-state index is 5.39. The van der Waals surface area contributed by atoms with Crippen molar-refractivity contribution < 1.29 is 4.74 Å². The lowest BCUT2D eigenvalue weighted by Gasteiger charge is -2.34. The molecule has 1 aliphatic rings. The third-order valence-corrected chi connectivity index (χ3v) is 3.32. The molecule has 0 saturated carbocycles. The number of benzene rings is 1. The van der Waals surface area contributed by atoms with Gasteiger partial charge in [-0.15, -0.1) is 0 Å². The first-order valence-corrected chi connectivity index (χ1v) is 6.04. The van der Waals surface area contributed by atoms with E-state index in [1.54, 1.807) is 7.11 Å². The lowest BCUT2D eigenvalue weighted by Crippen LogP contribution is -2.44. The fourth-order valence-corrected chi connectivity index (χ4v) is 2.15. The zero-order valence-corrected chi connectivity index (χ0v) is 10.9. The number of piperazine rings is 1. The minimum atomic E-state index is 0.906. The Morgan fingerprint density at radius 1 is 1.18 bits per heavy atom. The highest BCUT2D eigenvalue weighted by Gasteiger charge is 2.15. The summed E-state index contributed by atoms with van der Waals surface area (Å²) in [7, 11) is 5.79. The topological polar surface area (TPSA) is 27.7 Å². The summed E-state index contributed by atoms with van der Waals surface area (Å²) < 4.78 is 5.39. The summed E-state index contributed by atoms with van der Waals surface area (Å²) >= 11 is 0. The Kier molecular flexibility index (Phi) is 3.74. The van der Waals surface area contributed by atoms with Crippen LogP contribution in [-0.2, 0) is 0 Å². The first-order chi connectivity index (χ1) is 8.24. The summed E-state index contributed by atoms with van der Waals surface area (Å²) in [6, 6.07) is 6.34. The van der Waals surface area contributed by atoms with Gasteiger partial charge in [-0.1, -0.05) is 0 Å². The average molecular weight is 235 g/mol. The Bertz CT molecular complexity index is 373. The van der Waals surface area contributed by atoms with Crippen molar-refractivity contribution in [3.05, 3.63) is 18.2 Å². The molecule has 0 unspecified atom stereocenters. The Hall–Kier alpha value is -1.42. The quantitative estimate of drug-likeness (QED) is 0.859. The van der Waals surface area contributed by atoms with Crippen LogP contribution in [0.3, 0.4) is 0 Å². The van der Waals surface area contributed by atoms with Crippen LogP contribution in [0.4, 0.5) is 11.4 Å². The molecule has 0 aromatic heterocycles. The molecule has 0 bridgehead atoms. The molecule has 1 aliphatic heterocycles. The molecule has 1 aromatic rings. The molecule has 1 saturated heterocycles. The second kappa shape index (κ2) is 5.27. The van der Waals surface area contributed by atoms with E-state index in [2.05, 4.69) is 40.4 Å². The summed E-state index contributed by atoms with van der Waals surface area (Å²) in [4.78, 5) is 4.76. The van der Waals surface area contributed by atoms with Gasteiger partial charge in [0.15, 0.2) is 0 Å². The fourth-order valence-electron chi connectivity index (χ4n) is 2.15. The molecule has 94 valence electrons. The molecular formula is C13H21N3O. The van der Waals surface area contributed by atoms with Crippen molar-refractivity contribution in [2.24, 2.45) is 0 Å². The van der Waals surface area contributed by atoms with Crippen LogP contribution in [0, 0.1) is 0 Å². The smallest absolute Gasteiger partial charge is 0.144 e. The van der Waals surface area contributed by atoms with Gasteiger partial charge in [-0.3, -0.25) is 0 Å². The van der Waals surface area contributed by atoms with Gasteiger partial charge in [0.05, 0.1) is 12.8 Å². The van der Waals surface area contributed by atoms with E-state index in [0.29, 0.717) is 0 Å². The fraction of sp³-hybridized carbons (Fsp3) is 0.538. The molecule has 4 nitrogen and oxygen atoms in total. The van der Waals surface area contributed by atoms with E-state index in [0.717, 1.165) is 37.6 Å². The largest absolute Gasteiger partial charge is 0.495 e. The van der Waals surface area contributed by atoms with Gasteiger partial charge >= 0.3 is 0 Å². The lowest BCUT2D eigenvalue weighted by atomic mass is 10.2. The summed E-state index contributed by atoms with van der Waals surface area (Å²) in [5.41, 5.74) is 2.28. The molecule has 0 atom stereocenters. The standard InChI is InChI=1S/C13H21N3O/c1-14-12-5-4-11(10-13(12)17-3)16-8-6-15(2)7-9-16/h4-5,10,14H,6-9H2,1-3H3. The number of nitrogens with zero attached hydrogens (tertiary/aromatic N) is 2. The molecule has 0 radical (unpaired) electrons. The third kappa shape index (κ3) is 2.64. The third-order valence-electron chi connectivity index (χ3n) is 3.32. The number of rotatable bonds is 3. The Morgan fingerprint density at radius 3 is 2.47 bits per heavy atom. The van der Waals surface area contributed by atoms with Gasteiger partial charge in [0.2, 0.25) is 0 Å². The first-order valence-electron chi connectivity index (χ1n) is 6.04. The molecular weight excluding hydrogens is 214 g/mol. The van der Waals surface area contributed by atoms with Crippen LogP contribution < -0.4 is 15.0 Å². The average Bonchev–Trinajstić information content (AvgIpc) is 2.39. The number of ether oxygens (including phenoxy) is 1. The van der Waals surface area contributed by atoms with Crippen LogP contribution >= 0.6 is 0 Å². The summed E-state index contributed by atoms with van der Waals surface area (Å²) in [5, 5.41) is 3.13. The molecule has 0 spiro atoms. The van der Waals surface area contributed by atoms with Crippen molar-refractivity contribution in [2.75, 3.05) is 57.6 Å². The maximum atomic E-state index is 5.39. The second-order valence-electron chi connectivity index (χ2n) is 4.42. The van der Waals surface area contributed by atoms with Gasteiger partial charge in [-0.25, -0.2) is 0 Å².